The van der Waals surface area contributed by atoms with Crippen molar-refractivity contribution in [2.75, 3.05) is 11.9 Å². The number of nitrogens with one attached hydrogen (secondary N) is 2. The van der Waals surface area contributed by atoms with E-state index in [4.69, 9.17) is 4.74 Å². The van der Waals surface area contributed by atoms with Crippen LogP contribution in [0.15, 0.2) is 54.9 Å². The second-order valence-electron chi connectivity index (χ2n) is 10.5. The lowest BCUT2D eigenvalue weighted by Crippen LogP contribution is -2.34. The molecule has 38 heavy (non-hydrogen) atoms. The molecule has 1 aromatic carbocycles. The molecule has 2 aromatic heterocycles. The number of amides is 1. The molecule has 0 aliphatic carbocycles. The molecule has 0 bridgehead atoms. The summed E-state index contributed by atoms with van der Waals surface area (Å²) >= 11 is 0. The van der Waals surface area contributed by atoms with E-state index in [-0.39, 0.29) is 29.6 Å². The molecule has 3 aromatic rings. The van der Waals surface area contributed by atoms with Crippen molar-refractivity contribution in [3.8, 4) is 11.3 Å². The minimum atomic E-state index is -4.42. The molecule has 202 valence electrons. The lowest BCUT2D eigenvalue weighted by Gasteiger charge is -2.30. The van der Waals surface area contributed by atoms with Gasteiger partial charge in [0.15, 0.2) is 0 Å². The maximum absolute atomic E-state index is 13.1. The zero-order valence-corrected chi connectivity index (χ0v) is 22.0. The predicted molar refractivity (Wildman–Crippen MR) is 138 cm³/mol. The quantitative estimate of drug-likeness (QED) is 0.406. The lowest BCUT2D eigenvalue weighted by molar-refractivity contribution is -0.137. The number of alkyl halides is 3. The third-order valence-electron chi connectivity index (χ3n) is 6.48. The van der Waals surface area contributed by atoms with Crippen LogP contribution in [0.1, 0.15) is 63.4 Å². The highest BCUT2D eigenvalue weighted by Crippen LogP contribution is 2.34. The van der Waals surface area contributed by atoms with Gasteiger partial charge in [0.25, 0.3) is 0 Å². The summed E-state index contributed by atoms with van der Waals surface area (Å²) in [5, 5.41) is 6.16. The average molecular weight is 528 g/mol. The number of carbonyl (C=O) groups is 1. The van der Waals surface area contributed by atoms with E-state index >= 15 is 0 Å². The monoisotopic (exact) mass is 527 g/mol. The molecule has 2 N–H and O–H groups in total. The zero-order valence-electron chi connectivity index (χ0n) is 22.0. The lowest BCUT2D eigenvalue weighted by atomic mass is 9.88. The van der Waals surface area contributed by atoms with E-state index in [1.54, 1.807) is 36.7 Å². The topological polar surface area (TPSA) is 89.0 Å². The highest BCUT2D eigenvalue weighted by Gasteiger charge is 2.41. The SMILES string of the molecule is C[C@H](Nc1nccc([C@@H]2C(=O)NCC2[C@@H](C)OC(C)(C)C)n1)c1ccc(-c2cccc(C(F)(F)F)c2)nc1. The molecular weight excluding hydrogens is 495 g/mol. The van der Waals surface area contributed by atoms with Gasteiger partial charge >= 0.3 is 6.18 Å². The minimum Gasteiger partial charge on any atom is -0.373 e. The van der Waals surface area contributed by atoms with Crippen LogP contribution in [-0.2, 0) is 15.7 Å². The molecule has 1 fully saturated rings. The highest BCUT2D eigenvalue weighted by molar-refractivity contribution is 5.86. The van der Waals surface area contributed by atoms with Gasteiger partial charge in [-0.1, -0.05) is 18.2 Å². The normalized spacial score (nSPS) is 19.6. The van der Waals surface area contributed by atoms with Crippen molar-refractivity contribution < 1.29 is 22.7 Å². The Morgan fingerprint density at radius 2 is 1.84 bits per heavy atom. The van der Waals surface area contributed by atoms with Crippen LogP contribution < -0.4 is 10.6 Å². The van der Waals surface area contributed by atoms with Gasteiger partial charge in [0.1, 0.15) is 0 Å². The Morgan fingerprint density at radius 3 is 2.50 bits per heavy atom. The highest BCUT2D eigenvalue weighted by atomic mass is 19.4. The van der Waals surface area contributed by atoms with Gasteiger partial charge < -0.3 is 15.4 Å². The largest absolute Gasteiger partial charge is 0.416 e. The summed E-state index contributed by atoms with van der Waals surface area (Å²) in [6, 6.07) is 10.1. The molecule has 3 heterocycles. The van der Waals surface area contributed by atoms with E-state index in [9.17, 15) is 18.0 Å². The molecule has 0 radical (unpaired) electrons. The number of rotatable bonds is 7. The summed E-state index contributed by atoms with van der Waals surface area (Å²) in [6.07, 6.45) is -1.35. The van der Waals surface area contributed by atoms with Crippen molar-refractivity contribution >= 4 is 11.9 Å². The number of anilines is 1. The van der Waals surface area contributed by atoms with Gasteiger partial charge in [-0.25, -0.2) is 9.97 Å². The average Bonchev–Trinajstić information content (AvgIpc) is 3.24. The fourth-order valence-corrected chi connectivity index (χ4v) is 4.66. The number of nitrogens with zero attached hydrogens (tertiary/aromatic N) is 3. The number of hydrogen-bond acceptors (Lipinski definition) is 6. The molecule has 4 rings (SSSR count). The molecular formula is C28H32F3N5O2. The Balaban J connectivity index is 1.48. The number of halogens is 3. The molecule has 0 spiro atoms. The van der Waals surface area contributed by atoms with Crippen molar-refractivity contribution in [2.24, 2.45) is 5.92 Å². The van der Waals surface area contributed by atoms with Crippen molar-refractivity contribution in [1.29, 1.82) is 0 Å². The summed E-state index contributed by atoms with van der Waals surface area (Å²) < 4.78 is 45.3. The Bertz CT molecular complexity index is 1270. The first-order chi connectivity index (χ1) is 17.8. The van der Waals surface area contributed by atoms with E-state index in [1.165, 1.54) is 6.07 Å². The van der Waals surface area contributed by atoms with E-state index in [0.29, 0.717) is 29.4 Å². The fourth-order valence-electron chi connectivity index (χ4n) is 4.66. The van der Waals surface area contributed by atoms with Crippen molar-refractivity contribution in [3.05, 3.63) is 71.7 Å². The van der Waals surface area contributed by atoms with Gasteiger partial charge in [0, 0.05) is 30.4 Å². The van der Waals surface area contributed by atoms with E-state index in [1.807, 2.05) is 34.6 Å². The summed E-state index contributed by atoms with van der Waals surface area (Å²) in [4.78, 5) is 26.0. The summed E-state index contributed by atoms with van der Waals surface area (Å²) in [5.74, 6) is -0.264. The Morgan fingerprint density at radius 1 is 1.08 bits per heavy atom. The predicted octanol–water partition coefficient (Wildman–Crippen LogP) is 5.76. The summed E-state index contributed by atoms with van der Waals surface area (Å²) in [5.41, 5.74) is 1.18. The van der Waals surface area contributed by atoms with Crippen LogP contribution in [0.4, 0.5) is 19.1 Å². The van der Waals surface area contributed by atoms with E-state index < -0.39 is 17.7 Å². The Labute approximate surface area is 220 Å². The van der Waals surface area contributed by atoms with E-state index in [0.717, 1.165) is 17.7 Å². The molecule has 1 saturated heterocycles. The van der Waals surface area contributed by atoms with Crippen LogP contribution in [0.5, 0.6) is 0 Å². The van der Waals surface area contributed by atoms with Gasteiger partial charge in [-0.05, 0) is 64.4 Å². The molecule has 7 nitrogen and oxygen atoms in total. The third-order valence-corrected chi connectivity index (χ3v) is 6.48. The Kier molecular flexibility index (Phi) is 7.73. The van der Waals surface area contributed by atoms with E-state index in [2.05, 4.69) is 25.6 Å². The molecule has 1 unspecified atom stereocenters. The van der Waals surface area contributed by atoms with Crippen molar-refractivity contribution in [2.45, 2.75) is 64.5 Å². The standard InChI is InChI=1S/C28H32F3N5O2/c1-16(19-9-10-22(33-14-19)18-7-6-8-20(13-18)28(29,30)31)35-26-32-12-11-23(36-26)24-21(15-34-25(24)37)17(2)38-27(3,4)5/h6-14,16-17,21,24H,15H2,1-5H3,(H,34,37)(H,32,35,36)/t16-,17+,21?,24+/m0/s1. The molecule has 0 saturated carbocycles. The first kappa shape index (κ1) is 27.5. The molecule has 1 amide bonds. The number of benzene rings is 1. The van der Waals surface area contributed by atoms with Gasteiger partial charge in [0.2, 0.25) is 11.9 Å². The third kappa shape index (κ3) is 6.48. The van der Waals surface area contributed by atoms with Gasteiger partial charge in [-0.15, -0.1) is 0 Å². The van der Waals surface area contributed by atoms with Crippen LogP contribution >= 0.6 is 0 Å². The van der Waals surface area contributed by atoms with Crippen LogP contribution in [0, 0.1) is 5.92 Å². The van der Waals surface area contributed by atoms with Gasteiger partial charge in [-0.3, -0.25) is 9.78 Å². The number of aromatic nitrogens is 3. The number of hydrogen-bond donors (Lipinski definition) is 2. The molecule has 4 atom stereocenters. The van der Waals surface area contributed by atoms with Crippen LogP contribution in [0.3, 0.4) is 0 Å². The first-order valence-corrected chi connectivity index (χ1v) is 12.5. The number of pyridine rings is 1. The fraction of sp³-hybridized carbons (Fsp3) is 0.429. The maximum Gasteiger partial charge on any atom is 0.416 e. The Hall–Kier alpha value is -3.53. The zero-order chi connectivity index (χ0) is 27.7. The van der Waals surface area contributed by atoms with Gasteiger partial charge in [0.05, 0.1) is 40.6 Å². The van der Waals surface area contributed by atoms with Crippen LogP contribution in [0.25, 0.3) is 11.3 Å². The summed E-state index contributed by atoms with van der Waals surface area (Å²) in [7, 11) is 0. The molecule has 10 heteroatoms. The number of ether oxygens (including phenoxy) is 1. The van der Waals surface area contributed by atoms with Crippen molar-refractivity contribution in [1.82, 2.24) is 20.3 Å². The molecule has 1 aliphatic rings. The van der Waals surface area contributed by atoms with Gasteiger partial charge in [-0.2, -0.15) is 13.2 Å². The van der Waals surface area contributed by atoms with Crippen molar-refractivity contribution in [3.63, 3.8) is 0 Å². The number of carbonyl (C=O) groups excluding carboxylic acids is 1. The maximum atomic E-state index is 13.1. The smallest absolute Gasteiger partial charge is 0.373 e. The summed E-state index contributed by atoms with van der Waals surface area (Å²) in [6.45, 7) is 10.3. The second kappa shape index (κ2) is 10.7. The minimum absolute atomic E-state index is 0.0745. The second-order valence-corrected chi connectivity index (χ2v) is 10.5. The molecule has 1 aliphatic heterocycles. The van der Waals surface area contributed by atoms with Crippen LogP contribution in [0.2, 0.25) is 0 Å². The first-order valence-electron chi connectivity index (χ1n) is 12.5. The van der Waals surface area contributed by atoms with Crippen LogP contribution in [-0.4, -0.2) is 39.1 Å².